The van der Waals surface area contributed by atoms with Crippen LogP contribution in [0.5, 0.6) is 5.75 Å². The third-order valence-corrected chi connectivity index (χ3v) is 3.42. The third kappa shape index (κ3) is 1.87. The van der Waals surface area contributed by atoms with Gasteiger partial charge >= 0.3 is 5.97 Å². The monoisotopic (exact) mass is 240 g/mol. The van der Waals surface area contributed by atoms with E-state index in [2.05, 4.69) is 0 Å². The zero-order valence-electron chi connectivity index (χ0n) is 8.94. The van der Waals surface area contributed by atoms with Gasteiger partial charge < -0.3 is 9.84 Å². The summed E-state index contributed by atoms with van der Waals surface area (Å²) in [5.74, 6) is -0.280. The molecule has 1 aromatic rings. The fourth-order valence-corrected chi connectivity index (χ4v) is 2.34. The van der Waals surface area contributed by atoms with E-state index in [-0.39, 0.29) is 11.8 Å². The lowest BCUT2D eigenvalue weighted by Crippen LogP contribution is -2.31. The molecule has 2 atom stereocenters. The molecule has 1 aromatic carbocycles. The van der Waals surface area contributed by atoms with Gasteiger partial charge in [0, 0.05) is 10.9 Å². The zero-order valence-corrected chi connectivity index (χ0v) is 9.70. The molecule has 4 heteroatoms. The van der Waals surface area contributed by atoms with Crippen LogP contribution in [0.1, 0.15) is 24.3 Å². The maximum absolute atomic E-state index is 11.0. The van der Waals surface area contributed by atoms with E-state index in [9.17, 15) is 4.79 Å². The van der Waals surface area contributed by atoms with Gasteiger partial charge in [0.05, 0.1) is 13.0 Å². The molecule has 2 rings (SSSR count). The van der Waals surface area contributed by atoms with Crippen molar-refractivity contribution in [2.75, 3.05) is 7.11 Å². The molecule has 16 heavy (non-hydrogen) atoms. The predicted octanol–water partition coefficient (Wildman–Crippen LogP) is 2.93. The molecule has 0 bridgehead atoms. The summed E-state index contributed by atoms with van der Waals surface area (Å²) in [4.78, 5) is 11.0. The minimum absolute atomic E-state index is 0.0335. The number of halogens is 1. The fraction of sp³-hybridized carbons (Fsp3) is 0.417. The second-order valence-corrected chi connectivity index (χ2v) is 4.45. The number of methoxy groups -OCH3 is 1. The van der Waals surface area contributed by atoms with Crippen LogP contribution in [-0.4, -0.2) is 18.2 Å². The Kier molecular flexibility index (Phi) is 3.06. The number of hydrogen-bond donors (Lipinski definition) is 1. The van der Waals surface area contributed by atoms with E-state index in [1.165, 1.54) is 0 Å². The van der Waals surface area contributed by atoms with Gasteiger partial charge in [0.25, 0.3) is 0 Å². The van der Waals surface area contributed by atoms with Crippen molar-refractivity contribution in [1.82, 2.24) is 0 Å². The van der Waals surface area contributed by atoms with E-state index >= 15 is 0 Å². The van der Waals surface area contributed by atoms with Crippen LogP contribution in [0.25, 0.3) is 0 Å². The van der Waals surface area contributed by atoms with Gasteiger partial charge in [-0.3, -0.25) is 4.79 Å². The molecule has 0 radical (unpaired) electrons. The Bertz CT molecular complexity index is 417. The first-order valence-corrected chi connectivity index (χ1v) is 5.57. The second kappa shape index (κ2) is 4.34. The number of hydrogen-bond acceptors (Lipinski definition) is 2. The Morgan fingerprint density at radius 2 is 2.25 bits per heavy atom. The Morgan fingerprint density at radius 1 is 1.50 bits per heavy atom. The summed E-state index contributed by atoms with van der Waals surface area (Å²) in [6, 6.07) is 5.34. The molecule has 0 saturated heterocycles. The molecule has 0 aliphatic heterocycles. The van der Waals surface area contributed by atoms with Crippen molar-refractivity contribution in [3.63, 3.8) is 0 Å². The second-order valence-electron chi connectivity index (χ2n) is 4.01. The molecular formula is C12H13ClO3. The molecule has 1 aliphatic rings. The Morgan fingerprint density at radius 3 is 2.75 bits per heavy atom. The van der Waals surface area contributed by atoms with Crippen LogP contribution in [0, 0.1) is 5.92 Å². The van der Waals surface area contributed by atoms with Crippen molar-refractivity contribution >= 4 is 17.6 Å². The lowest BCUT2D eigenvalue weighted by atomic mass is 9.70. The van der Waals surface area contributed by atoms with E-state index in [4.69, 9.17) is 21.4 Å². The van der Waals surface area contributed by atoms with Crippen LogP contribution in [0.4, 0.5) is 0 Å². The average molecular weight is 241 g/mol. The van der Waals surface area contributed by atoms with Gasteiger partial charge in [-0.25, -0.2) is 0 Å². The van der Waals surface area contributed by atoms with Crippen LogP contribution in [-0.2, 0) is 4.79 Å². The fourth-order valence-electron chi connectivity index (χ4n) is 2.16. The molecule has 86 valence electrons. The first-order valence-electron chi connectivity index (χ1n) is 5.19. The number of rotatable bonds is 3. The van der Waals surface area contributed by atoms with Crippen molar-refractivity contribution in [3.8, 4) is 5.75 Å². The third-order valence-electron chi connectivity index (χ3n) is 3.18. The van der Waals surface area contributed by atoms with Gasteiger partial charge in [0.2, 0.25) is 0 Å². The predicted molar refractivity (Wildman–Crippen MR) is 61.1 cm³/mol. The summed E-state index contributed by atoms with van der Waals surface area (Å²) in [6.45, 7) is 0. The largest absolute Gasteiger partial charge is 0.496 e. The molecule has 0 heterocycles. The van der Waals surface area contributed by atoms with Gasteiger partial charge in [-0.2, -0.15) is 0 Å². The molecule has 2 unspecified atom stereocenters. The van der Waals surface area contributed by atoms with E-state index in [0.29, 0.717) is 5.02 Å². The molecule has 0 aromatic heterocycles. The average Bonchev–Trinajstić information content (AvgIpc) is 2.15. The van der Waals surface area contributed by atoms with Crippen molar-refractivity contribution in [2.45, 2.75) is 18.8 Å². The highest BCUT2D eigenvalue weighted by atomic mass is 35.5. The minimum atomic E-state index is -0.738. The molecule has 0 spiro atoms. The van der Waals surface area contributed by atoms with Crippen LogP contribution < -0.4 is 4.74 Å². The van der Waals surface area contributed by atoms with Crippen molar-refractivity contribution < 1.29 is 14.6 Å². The topological polar surface area (TPSA) is 46.5 Å². The summed E-state index contributed by atoms with van der Waals surface area (Å²) in [5, 5.41) is 9.64. The van der Waals surface area contributed by atoms with E-state index < -0.39 is 5.97 Å². The molecule has 0 amide bonds. The van der Waals surface area contributed by atoms with E-state index in [1.54, 1.807) is 25.3 Å². The Hall–Kier alpha value is -1.22. The first-order chi connectivity index (χ1) is 7.63. The summed E-state index contributed by atoms with van der Waals surface area (Å²) in [6.07, 6.45) is 1.61. The maximum atomic E-state index is 11.0. The van der Waals surface area contributed by atoms with Gasteiger partial charge in [0.15, 0.2) is 0 Å². The quantitative estimate of drug-likeness (QED) is 0.884. The Labute approximate surface area is 99.0 Å². The van der Waals surface area contributed by atoms with Crippen LogP contribution in [0.15, 0.2) is 18.2 Å². The van der Waals surface area contributed by atoms with Gasteiger partial charge in [-0.05, 0) is 36.6 Å². The maximum Gasteiger partial charge on any atom is 0.307 e. The summed E-state index contributed by atoms with van der Waals surface area (Å²) < 4.78 is 5.23. The number of aliphatic carboxylic acids is 1. The molecule has 1 N–H and O–H groups in total. The van der Waals surface area contributed by atoms with Crippen LogP contribution >= 0.6 is 11.6 Å². The highest BCUT2D eigenvalue weighted by molar-refractivity contribution is 6.30. The van der Waals surface area contributed by atoms with Crippen LogP contribution in [0.3, 0.4) is 0 Å². The van der Waals surface area contributed by atoms with Crippen molar-refractivity contribution in [3.05, 3.63) is 28.8 Å². The molecule has 1 saturated carbocycles. The van der Waals surface area contributed by atoms with Crippen molar-refractivity contribution in [2.24, 2.45) is 5.92 Å². The summed E-state index contributed by atoms with van der Waals surface area (Å²) in [5.41, 5.74) is 0.911. The summed E-state index contributed by atoms with van der Waals surface area (Å²) >= 11 is 5.92. The first kappa shape index (κ1) is 11.3. The normalized spacial score (nSPS) is 23.6. The van der Waals surface area contributed by atoms with E-state index in [1.807, 2.05) is 0 Å². The van der Waals surface area contributed by atoms with Crippen molar-refractivity contribution in [1.29, 1.82) is 0 Å². The number of carbonyl (C=O) groups is 1. The Balaban J connectivity index is 2.32. The van der Waals surface area contributed by atoms with Gasteiger partial charge in [0.1, 0.15) is 5.75 Å². The summed E-state index contributed by atoms with van der Waals surface area (Å²) in [7, 11) is 1.58. The number of carboxylic acids is 1. The standard InChI is InChI=1S/C12H13ClO3/c1-16-11-5-2-7(13)6-10(11)8-3-4-9(8)12(14)15/h2,5-6,8-9H,3-4H2,1H3,(H,14,15). The van der Waals surface area contributed by atoms with Gasteiger partial charge in [-0.1, -0.05) is 11.6 Å². The van der Waals surface area contributed by atoms with Crippen LogP contribution in [0.2, 0.25) is 5.02 Å². The SMILES string of the molecule is COc1ccc(Cl)cc1C1CCC1C(=O)O. The molecular weight excluding hydrogens is 228 g/mol. The molecule has 3 nitrogen and oxygen atoms in total. The van der Waals surface area contributed by atoms with Gasteiger partial charge in [-0.15, -0.1) is 0 Å². The van der Waals surface area contributed by atoms with E-state index in [0.717, 1.165) is 24.2 Å². The number of benzene rings is 1. The lowest BCUT2D eigenvalue weighted by Gasteiger charge is -2.34. The molecule has 1 aliphatic carbocycles. The zero-order chi connectivity index (χ0) is 11.7. The lowest BCUT2D eigenvalue weighted by molar-refractivity contribution is -0.145. The highest BCUT2D eigenvalue weighted by Crippen LogP contribution is 2.46. The number of ether oxygens (including phenoxy) is 1. The minimum Gasteiger partial charge on any atom is -0.496 e. The highest BCUT2D eigenvalue weighted by Gasteiger charge is 2.39. The smallest absolute Gasteiger partial charge is 0.307 e. The molecule has 1 fully saturated rings. The number of carboxylic acid groups (broad SMARTS) is 1.